The van der Waals surface area contributed by atoms with Gasteiger partial charge in [0.2, 0.25) is 0 Å². The van der Waals surface area contributed by atoms with E-state index >= 15 is 0 Å². The fourth-order valence-electron chi connectivity index (χ4n) is 9.72. The van der Waals surface area contributed by atoms with Crippen LogP contribution in [-0.2, 0) is 16.2 Å². The smallest absolute Gasteiger partial charge is 0.0503 e. The SMILES string of the molecule is CC1(C)c2ccccc2-c2ccc(-c3ccc4c(c3)C(C)(C)c3cc(-c5ccccc5)ccc3N4c3ccc4c(c3)C(C)(C)c3ccccc3-4)cc21. The van der Waals surface area contributed by atoms with Gasteiger partial charge in [0, 0.05) is 21.9 Å². The third kappa shape index (κ3) is 4.23. The van der Waals surface area contributed by atoms with Gasteiger partial charge in [0.1, 0.15) is 0 Å². The standard InChI is InChI=1S/C51H43N/c1-49(2)41-18-12-10-16-37(41)39-24-20-34(28-43(39)49)35-22-27-48-46(30-35)51(5,6)45-29-33(32-14-8-7-9-15-32)21-26-47(45)52(48)36-23-25-40-38-17-11-13-19-42(38)50(3,4)44(40)31-36/h7-31H,1-6H3. The summed E-state index contributed by atoms with van der Waals surface area (Å²) in [6.07, 6.45) is 0. The monoisotopic (exact) mass is 669 g/mol. The molecule has 0 N–H and O–H groups in total. The number of benzene rings is 7. The highest BCUT2D eigenvalue weighted by Crippen LogP contribution is 2.56. The number of hydrogen-bond donors (Lipinski definition) is 0. The van der Waals surface area contributed by atoms with Gasteiger partial charge in [-0.05, 0) is 120 Å². The molecule has 0 amide bonds. The summed E-state index contributed by atoms with van der Waals surface area (Å²) < 4.78 is 0. The van der Waals surface area contributed by atoms with E-state index in [9.17, 15) is 0 Å². The Hall–Kier alpha value is -5.66. The zero-order chi connectivity index (χ0) is 35.6. The zero-order valence-electron chi connectivity index (χ0n) is 30.9. The van der Waals surface area contributed by atoms with Gasteiger partial charge in [-0.1, -0.05) is 151 Å². The summed E-state index contributed by atoms with van der Waals surface area (Å²) in [4.78, 5) is 2.52. The highest BCUT2D eigenvalue weighted by Gasteiger charge is 2.40. The molecule has 0 radical (unpaired) electrons. The third-order valence-corrected chi connectivity index (χ3v) is 12.7. The number of nitrogens with zero attached hydrogens (tertiary/aromatic N) is 1. The van der Waals surface area contributed by atoms with Gasteiger partial charge in [-0.15, -0.1) is 0 Å². The Morgan fingerprint density at radius 1 is 0.308 bits per heavy atom. The van der Waals surface area contributed by atoms with Crippen LogP contribution in [0.1, 0.15) is 74.9 Å². The fourth-order valence-corrected chi connectivity index (χ4v) is 9.72. The lowest BCUT2D eigenvalue weighted by Gasteiger charge is -2.43. The van der Waals surface area contributed by atoms with Gasteiger partial charge in [-0.3, -0.25) is 0 Å². The van der Waals surface area contributed by atoms with E-state index in [2.05, 4.69) is 198 Å². The Labute approximate surface area is 308 Å². The van der Waals surface area contributed by atoms with Crippen LogP contribution in [-0.4, -0.2) is 0 Å². The minimum Gasteiger partial charge on any atom is -0.310 e. The largest absolute Gasteiger partial charge is 0.310 e. The van der Waals surface area contributed by atoms with Crippen LogP contribution in [0.3, 0.4) is 0 Å². The molecule has 3 aliphatic rings. The van der Waals surface area contributed by atoms with Crippen molar-refractivity contribution in [3.63, 3.8) is 0 Å². The molecule has 0 spiro atoms. The fraction of sp³-hybridized carbons (Fsp3) is 0.176. The molecule has 1 nitrogen and oxygen atoms in total. The van der Waals surface area contributed by atoms with Crippen molar-refractivity contribution in [1.29, 1.82) is 0 Å². The Balaban J connectivity index is 1.16. The molecule has 7 aromatic carbocycles. The number of rotatable bonds is 3. The van der Waals surface area contributed by atoms with Gasteiger partial charge in [-0.25, -0.2) is 0 Å². The van der Waals surface area contributed by atoms with Gasteiger partial charge in [0.05, 0.1) is 11.4 Å². The summed E-state index contributed by atoms with van der Waals surface area (Å²) in [6, 6.07) is 57.2. The Morgan fingerprint density at radius 3 is 1.29 bits per heavy atom. The number of fused-ring (bicyclic) bond motifs is 8. The first-order valence-electron chi connectivity index (χ1n) is 18.7. The molecule has 2 aliphatic carbocycles. The molecule has 10 rings (SSSR count). The molecule has 252 valence electrons. The van der Waals surface area contributed by atoms with E-state index in [0.29, 0.717) is 0 Å². The van der Waals surface area contributed by atoms with Crippen LogP contribution in [0.4, 0.5) is 17.1 Å². The Kier molecular flexibility index (Phi) is 6.39. The highest BCUT2D eigenvalue weighted by molar-refractivity contribution is 5.92. The lowest BCUT2D eigenvalue weighted by molar-refractivity contribution is 0.632. The van der Waals surface area contributed by atoms with E-state index in [1.165, 1.54) is 95.0 Å². The maximum Gasteiger partial charge on any atom is 0.0503 e. The normalized spacial score (nSPS) is 16.3. The van der Waals surface area contributed by atoms with Crippen LogP contribution in [0.5, 0.6) is 0 Å². The Bertz CT molecular complexity index is 2600. The second-order valence-electron chi connectivity index (χ2n) is 16.6. The third-order valence-electron chi connectivity index (χ3n) is 12.7. The van der Waals surface area contributed by atoms with Crippen molar-refractivity contribution in [1.82, 2.24) is 0 Å². The topological polar surface area (TPSA) is 3.24 Å². The molecule has 0 saturated carbocycles. The second-order valence-corrected chi connectivity index (χ2v) is 16.6. The molecular weight excluding hydrogens is 627 g/mol. The van der Waals surface area contributed by atoms with E-state index < -0.39 is 0 Å². The summed E-state index contributed by atoms with van der Waals surface area (Å²) >= 11 is 0. The van der Waals surface area contributed by atoms with Gasteiger partial charge in [0.15, 0.2) is 0 Å². The molecule has 0 unspecified atom stereocenters. The molecule has 0 bridgehead atoms. The van der Waals surface area contributed by atoms with Crippen molar-refractivity contribution in [3.8, 4) is 44.5 Å². The van der Waals surface area contributed by atoms with Crippen molar-refractivity contribution < 1.29 is 0 Å². The van der Waals surface area contributed by atoms with Crippen LogP contribution in [0, 0.1) is 0 Å². The van der Waals surface area contributed by atoms with Gasteiger partial charge < -0.3 is 4.90 Å². The second kappa shape index (κ2) is 10.7. The minimum absolute atomic E-state index is 0.0417. The first-order chi connectivity index (χ1) is 25.0. The number of anilines is 3. The van der Waals surface area contributed by atoms with Crippen molar-refractivity contribution in [2.45, 2.75) is 57.8 Å². The minimum atomic E-state index is -0.236. The van der Waals surface area contributed by atoms with Crippen molar-refractivity contribution in [2.75, 3.05) is 4.90 Å². The van der Waals surface area contributed by atoms with Crippen molar-refractivity contribution in [2.24, 2.45) is 0 Å². The van der Waals surface area contributed by atoms with E-state index in [1.54, 1.807) is 0 Å². The quantitative estimate of drug-likeness (QED) is 0.181. The lowest BCUT2D eigenvalue weighted by Crippen LogP contribution is -2.31. The predicted molar refractivity (Wildman–Crippen MR) is 219 cm³/mol. The summed E-state index contributed by atoms with van der Waals surface area (Å²) in [7, 11) is 0. The maximum absolute atomic E-state index is 2.52. The predicted octanol–water partition coefficient (Wildman–Crippen LogP) is 13.7. The van der Waals surface area contributed by atoms with Crippen LogP contribution in [0.15, 0.2) is 152 Å². The van der Waals surface area contributed by atoms with E-state index in [1.807, 2.05) is 0 Å². The molecule has 7 aromatic rings. The van der Waals surface area contributed by atoms with Gasteiger partial charge in [-0.2, -0.15) is 0 Å². The van der Waals surface area contributed by atoms with Crippen LogP contribution < -0.4 is 4.90 Å². The molecule has 1 aliphatic heterocycles. The molecular formula is C51H43N. The highest BCUT2D eigenvalue weighted by atomic mass is 15.2. The zero-order valence-corrected chi connectivity index (χ0v) is 30.9. The summed E-state index contributed by atoms with van der Waals surface area (Å²) in [5.74, 6) is 0. The van der Waals surface area contributed by atoms with Crippen molar-refractivity contribution >= 4 is 17.1 Å². The average molecular weight is 670 g/mol. The van der Waals surface area contributed by atoms with Crippen LogP contribution >= 0.6 is 0 Å². The first-order valence-corrected chi connectivity index (χ1v) is 18.7. The first kappa shape index (κ1) is 31.1. The van der Waals surface area contributed by atoms with E-state index in [-0.39, 0.29) is 16.2 Å². The number of hydrogen-bond acceptors (Lipinski definition) is 1. The molecule has 52 heavy (non-hydrogen) atoms. The lowest BCUT2D eigenvalue weighted by atomic mass is 9.72. The van der Waals surface area contributed by atoms with Gasteiger partial charge in [0.25, 0.3) is 0 Å². The summed E-state index contributed by atoms with van der Waals surface area (Å²) in [5.41, 5.74) is 22.1. The summed E-state index contributed by atoms with van der Waals surface area (Å²) in [6.45, 7) is 14.3. The molecule has 0 atom stereocenters. The van der Waals surface area contributed by atoms with E-state index in [4.69, 9.17) is 0 Å². The van der Waals surface area contributed by atoms with Crippen molar-refractivity contribution in [3.05, 3.63) is 185 Å². The van der Waals surface area contributed by atoms with Crippen LogP contribution in [0.25, 0.3) is 44.5 Å². The van der Waals surface area contributed by atoms with Crippen LogP contribution in [0.2, 0.25) is 0 Å². The maximum atomic E-state index is 2.52. The van der Waals surface area contributed by atoms with Gasteiger partial charge >= 0.3 is 0 Å². The summed E-state index contributed by atoms with van der Waals surface area (Å²) in [5, 5.41) is 0. The molecule has 1 heterocycles. The average Bonchev–Trinajstić information content (AvgIpc) is 3.54. The molecule has 0 aromatic heterocycles. The van der Waals surface area contributed by atoms with E-state index in [0.717, 1.165) is 0 Å². The Morgan fingerprint density at radius 2 is 0.712 bits per heavy atom. The molecule has 1 heteroatoms. The molecule has 0 saturated heterocycles. The molecule has 0 fully saturated rings.